The zero-order valence-electron chi connectivity index (χ0n) is 18.9. The van der Waals surface area contributed by atoms with Crippen LogP contribution in [0.25, 0.3) is 11.5 Å². The lowest BCUT2D eigenvalue weighted by molar-refractivity contribution is 0.102. The molecule has 34 heavy (non-hydrogen) atoms. The van der Waals surface area contributed by atoms with E-state index in [-0.39, 0.29) is 12.5 Å². The van der Waals surface area contributed by atoms with Crippen LogP contribution in [-0.2, 0) is 6.61 Å². The first-order chi connectivity index (χ1) is 16.6. The Hall–Kier alpha value is -4.53. The molecule has 1 N–H and O–H groups in total. The zero-order valence-corrected chi connectivity index (χ0v) is 18.9. The Labute approximate surface area is 196 Å². The monoisotopic (exact) mass is 461 g/mol. The van der Waals surface area contributed by atoms with Gasteiger partial charge in [0.05, 0.1) is 26.9 Å². The van der Waals surface area contributed by atoms with Gasteiger partial charge in [0, 0.05) is 17.3 Å². The van der Waals surface area contributed by atoms with Crippen molar-refractivity contribution in [3.63, 3.8) is 0 Å². The molecule has 0 aliphatic rings. The summed E-state index contributed by atoms with van der Waals surface area (Å²) in [6.07, 6.45) is 0. The van der Waals surface area contributed by atoms with Gasteiger partial charge in [0.25, 0.3) is 11.8 Å². The molecule has 0 aliphatic carbocycles. The van der Waals surface area contributed by atoms with Crippen LogP contribution >= 0.6 is 0 Å². The summed E-state index contributed by atoms with van der Waals surface area (Å²) < 4.78 is 27.0. The third-order valence-corrected chi connectivity index (χ3v) is 4.93. The third kappa shape index (κ3) is 5.26. The number of hydrogen-bond acceptors (Lipinski definition) is 8. The largest absolute Gasteiger partial charge is 0.497 e. The van der Waals surface area contributed by atoms with Gasteiger partial charge in [-0.2, -0.15) is 0 Å². The van der Waals surface area contributed by atoms with Crippen molar-refractivity contribution in [2.75, 3.05) is 26.6 Å². The lowest BCUT2D eigenvalue weighted by Crippen LogP contribution is -2.13. The average Bonchev–Trinajstić information content (AvgIpc) is 3.37. The smallest absolute Gasteiger partial charge is 0.259 e. The van der Waals surface area contributed by atoms with Crippen molar-refractivity contribution in [3.05, 3.63) is 78.2 Å². The molecular formula is C25H23N3O6. The van der Waals surface area contributed by atoms with E-state index in [1.807, 2.05) is 24.3 Å². The number of ether oxygens (including phenoxy) is 4. The molecule has 0 bridgehead atoms. The minimum atomic E-state index is -0.301. The number of methoxy groups -OCH3 is 3. The van der Waals surface area contributed by atoms with Gasteiger partial charge in [-0.25, -0.2) is 0 Å². The lowest BCUT2D eigenvalue weighted by Gasteiger charge is -2.11. The van der Waals surface area contributed by atoms with Gasteiger partial charge in [0.1, 0.15) is 23.0 Å². The first-order valence-corrected chi connectivity index (χ1v) is 10.3. The Morgan fingerprint density at radius 3 is 2.18 bits per heavy atom. The number of benzene rings is 3. The van der Waals surface area contributed by atoms with Crippen LogP contribution in [0, 0.1) is 0 Å². The molecule has 0 spiro atoms. The molecular weight excluding hydrogens is 438 g/mol. The van der Waals surface area contributed by atoms with Crippen molar-refractivity contribution in [2.45, 2.75) is 6.61 Å². The van der Waals surface area contributed by atoms with E-state index >= 15 is 0 Å². The fourth-order valence-corrected chi connectivity index (χ4v) is 3.13. The molecule has 0 atom stereocenters. The number of rotatable bonds is 9. The zero-order chi connectivity index (χ0) is 23.9. The van der Waals surface area contributed by atoms with Gasteiger partial charge in [-0.1, -0.05) is 0 Å². The number of aromatic nitrogens is 2. The second kappa shape index (κ2) is 10.4. The van der Waals surface area contributed by atoms with Crippen molar-refractivity contribution < 1.29 is 28.2 Å². The van der Waals surface area contributed by atoms with Crippen LogP contribution < -0.4 is 24.3 Å². The minimum absolute atomic E-state index is 0.109. The molecule has 9 heteroatoms. The fourth-order valence-electron chi connectivity index (χ4n) is 3.13. The van der Waals surface area contributed by atoms with Crippen LogP contribution in [0.1, 0.15) is 16.2 Å². The van der Waals surface area contributed by atoms with E-state index < -0.39 is 0 Å². The fraction of sp³-hybridized carbons (Fsp3) is 0.160. The molecule has 4 rings (SSSR count). The summed E-state index contributed by atoms with van der Waals surface area (Å²) in [6, 6.07) is 19.3. The van der Waals surface area contributed by atoms with Crippen LogP contribution in [0.15, 0.2) is 71.1 Å². The number of nitrogens with one attached hydrogen (secondary N) is 1. The molecule has 1 aromatic heterocycles. The van der Waals surface area contributed by atoms with Gasteiger partial charge in [-0.05, 0) is 60.7 Å². The van der Waals surface area contributed by atoms with Gasteiger partial charge in [0.15, 0.2) is 6.61 Å². The summed E-state index contributed by atoms with van der Waals surface area (Å²) >= 11 is 0. The summed E-state index contributed by atoms with van der Waals surface area (Å²) in [7, 11) is 4.66. The van der Waals surface area contributed by atoms with E-state index in [9.17, 15) is 4.79 Å². The van der Waals surface area contributed by atoms with E-state index in [1.165, 1.54) is 7.11 Å². The molecule has 1 amide bonds. The number of carbonyl (C=O) groups is 1. The molecule has 0 fully saturated rings. The van der Waals surface area contributed by atoms with Crippen molar-refractivity contribution in [1.29, 1.82) is 0 Å². The molecule has 1 heterocycles. The van der Waals surface area contributed by atoms with E-state index in [0.29, 0.717) is 40.3 Å². The SMILES string of the molecule is COc1ccc(-c2nnc(COc3ccc(NC(=O)c4ccc(OC)cc4OC)cc3)o2)cc1. The van der Waals surface area contributed by atoms with Gasteiger partial charge >= 0.3 is 0 Å². The van der Waals surface area contributed by atoms with Crippen molar-refractivity contribution in [2.24, 2.45) is 0 Å². The Morgan fingerprint density at radius 1 is 0.824 bits per heavy atom. The van der Waals surface area contributed by atoms with E-state index in [4.69, 9.17) is 23.4 Å². The Morgan fingerprint density at radius 2 is 1.50 bits per heavy atom. The van der Waals surface area contributed by atoms with Crippen molar-refractivity contribution in [1.82, 2.24) is 10.2 Å². The van der Waals surface area contributed by atoms with Crippen molar-refractivity contribution >= 4 is 11.6 Å². The summed E-state index contributed by atoms with van der Waals surface area (Å²) in [5, 5.41) is 10.9. The summed E-state index contributed by atoms with van der Waals surface area (Å²) in [5.74, 6) is 2.80. The molecule has 0 aliphatic heterocycles. The number of nitrogens with zero attached hydrogens (tertiary/aromatic N) is 2. The van der Waals surface area contributed by atoms with Crippen molar-refractivity contribution in [3.8, 4) is 34.5 Å². The van der Waals surface area contributed by atoms with Crippen LogP contribution in [0.4, 0.5) is 5.69 Å². The molecule has 174 valence electrons. The minimum Gasteiger partial charge on any atom is -0.497 e. The maximum Gasteiger partial charge on any atom is 0.259 e. The first kappa shape index (κ1) is 22.7. The predicted molar refractivity (Wildman–Crippen MR) is 125 cm³/mol. The first-order valence-electron chi connectivity index (χ1n) is 10.3. The van der Waals surface area contributed by atoms with E-state index in [2.05, 4.69) is 15.5 Å². The number of anilines is 1. The topological polar surface area (TPSA) is 105 Å². The standard InChI is InChI=1S/C25H23N3O6/c1-30-18-8-4-16(5-9-18)25-28-27-23(34-25)15-33-19-10-6-17(7-11-19)26-24(29)21-13-12-20(31-2)14-22(21)32-3/h4-14H,15H2,1-3H3,(H,26,29). The predicted octanol–water partition coefficient (Wildman–Crippen LogP) is 4.59. The second-order valence-electron chi connectivity index (χ2n) is 7.06. The molecule has 0 radical (unpaired) electrons. The quantitative estimate of drug-likeness (QED) is 0.386. The summed E-state index contributed by atoms with van der Waals surface area (Å²) in [6.45, 7) is 0.109. The normalized spacial score (nSPS) is 10.4. The molecule has 4 aromatic rings. The maximum absolute atomic E-state index is 12.6. The highest BCUT2D eigenvalue weighted by molar-refractivity contribution is 6.06. The lowest BCUT2D eigenvalue weighted by atomic mass is 10.1. The average molecular weight is 461 g/mol. The maximum atomic E-state index is 12.6. The molecule has 9 nitrogen and oxygen atoms in total. The summed E-state index contributed by atoms with van der Waals surface area (Å²) in [5.41, 5.74) is 1.79. The van der Waals surface area contributed by atoms with Crippen LogP contribution in [0.3, 0.4) is 0 Å². The van der Waals surface area contributed by atoms with Crippen LogP contribution in [-0.4, -0.2) is 37.4 Å². The number of carbonyl (C=O) groups excluding carboxylic acids is 1. The second-order valence-corrected chi connectivity index (χ2v) is 7.06. The number of amides is 1. The highest BCUT2D eigenvalue weighted by Crippen LogP contribution is 2.26. The van der Waals surface area contributed by atoms with Gasteiger partial charge in [0.2, 0.25) is 5.89 Å². The molecule has 3 aromatic carbocycles. The molecule has 0 unspecified atom stereocenters. The van der Waals surface area contributed by atoms with Crippen LogP contribution in [0.2, 0.25) is 0 Å². The molecule has 0 saturated carbocycles. The summed E-state index contributed by atoms with van der Waals surface area (Å²) in [4.78, 5) is 12.6. The Kier molecular flexibility index (Phi) is 6.92. The Balaban J connectivity index is 1.34. The van der Waals surface area contributed by atoms with E-state index in [1.54, 1.807) is 56.7 Å². The van der Waals surface area contributed by atoms with Gasteiger partial charge < -0.3 is 28.7 Å². The Bertz CT molecular complexity index is 1250. The highest BCUT2D eigenvalue weighted by Gasteiger charge is 2.14. The molecule has 0 saturated heterocycles. The van der Waals surface area contributed by atoms with Gasteiger partial charge in [-0.15, -0.1) is 10.2 Å². The number of hydrogen-bond donors (Lipinski definition) is 1. The third-order valence-electron chi connectivity index (χ3n) is 4.93. The van der Waals surface area contributed by atoms with Crippen LogP contribution in [0.5, 0.6) is 23.0 Å². The van der Waals surface area contributed by atoms with E-state index in [0.717, 1.165) is 11.3 Å². The highest BCUT2D eigenvalue weighted by atomic mass is 16.5. The van der Waals surface area contributed by atoms with Gasteiger partial charge in [-0.3, -0.25) is 4.79 Å².